The molecular weight excluding hydrogens is 238 g/mol. The molecule has 1 aromatic rings. The Morgan fingerprint density at radius 2 is 2.16 bits per heavy atom. The van der Waals surface area contributed by atoms with Gasteiger partial charge in [-0.3, -0.25) is 4.79 Å². The minimum atomic E-state index is -0.0826. The number of carbonyl (C=O) groups excluding carboxylic acids is 1. The molecule has 0 aromatic heterocycles. The van der Waals surface area contributed by atoms with Gasteiger partial charge in [-0.2, -0.15) is 0 Å². The number of likely N-dealkylation sites (tertiary alicyclic amines) is 1. The van der Waals surface area contributed by atoms with Gasteiger partial charge < -0.3 is 15.5 Å². The number of likely N-dealkylation sites (N-methyl/N-ethyl adjacent to an activating group) is 1. The van der Waals surface area contributed by atoms with Crippen LogP contribution in [0.2, 0.25) is 0 Å². The number of nitrogens with zero attached hydrogens (tertiary/aromatic N) is 1. The van der Waals surface area contributed by atoms with Gasteiger partial charge in [0, 0.05) is 19.1 Å². The van der Waals surface area contributed by atoms with E-state index in [4.69, 9.17) is 0 Å². The fourth-order valence-corrected chi connectivity index (χ4v) is 2.99. The molecule has 0 bridgehead atoms. The van der Waals surface area contributed by atoms with Crippen LogP contribution in [0, 0.1) is 0 Å². The van der Waals surface area contributed by atoms with Crippen molar-refractivity contribution in [3.8, 4) is 0 Å². The average molecular weight is 259 g/mol. The molecule has 0 saturated carbocycles. The van der Waals surface area contributed by atoms with E-state index in [-0.39, 0.29) is 11.9 Å². The summed E-state index contributed by atoms with van der Waals surface area (Å²) in [5, 5.41) is 6.50. The topological polar surface area (TPSA) is 44.4 Å². The molecule has 0 spiro atoms. The van der Waals surface area contributed by atoms with E-state index in [1.54, 1.807) is 0 Å². The lowest BCUT2D eigenvalue weighted by Gasteiger charge is -2.26. The van der Waals surface area contributed by atoms with E-state index < -0.39 is 0 Å². The average Bonchev–Trinajstić information content (AvgIpc) is 2.83. The number of hydrogen-bond acceptors (Lipinski definition) is 3. The molecule has 1 unspecified atom stereocenters. The summed E-state index contributed by atoms with van der Waals surface area (Å²) in [5.41, 5.74) is 2.61. The second-order valence-electron chi connectivity index (χ2n) is 5.66. The van der Waals surface area contributed by atoms with Crippen molar-refractivity contribution in [2.75, 3.05) is 20.1 Å². The molecule has 4 heteroatoms. The molecule has 0 aliphatic carbocycles. The molecule has 1 amide bonds. The van der Waals surface area contributed by atoms with Gasteiger partial charge in [0.05, 0.1) is 6.04 Å². The molecule has 1 fully saturated rings. The molecule has 2 atom stereocenters. The fraction of sp³-hybridized carbons (Fsp3) is 0.533. The zero-order chi connectivity index (χ0) is 13.2. The molecule has 2 heterocycles. The van der Waals surface area contributed by atoms with Gasteiger partial charge in [-0.15, -0.1) is 0 Å². The van der Waals surface area contributed by atoms with E-state index >= 15 is 0 Å². The van der Waals surface area contributed by atoms with Crippen LogP contribution in [0.1, 0.15) is 17.5 Å². The van der Waals surface area contributed by atoms with Crippen LogP contribution in [0.5, 0.6) is 0 Å². The Bertz CT molecular complexity index is 474. The Labute approximate surface area is 114 Å². The normalized spacial score (nSPS) is 27.0. The number of amides is 1. The van der Waals surface area contributed by atoms with Gasteiger partial charge in [0.1, 0.15) is 0 Å². The zero-order valence-corrected chi connectivity index (χ0v) is 11.4. The highest BCUT2D eigenvalue weighted by Crippen LogP contribution is 2.16. The molecule has 19 heavy (non-hydrogen) atoms. The van der Waals surface area contributed by atoms with Gasteiger partial charge in [0.2, 0.25) is 5.91 Å². The van der Waals surface area contributed by atoms with Crippen LogP contribution in [-0.4, -0.2) is 43.0 Å². The van der Waals surface area contributed by atoms with Crippen molar-refractivity contribution >= 4 is 5.91 Å². The summed E-state index contributed by atoms with van der Waals surface area (Å²) in [4.78, 5) is 14.5. The summed E-state index contributed by atoms with van der Waals surface area (Å²) in [6.45, 7) is 2.83. The van der Waals surface area contributed by atoms with Crippen LogP contribution in [0.4, 0.5) is 0 Å². The Hall–Kier alpha value is -1.39. The molecule has 3 rings (SSSR count). The predicted molar refractivity (Wildman–Crippen MR) is 74.8 cm³/mol. The molecule has 102 valence electrons. The summed E-state index contributed by atoms with van der Waals surface area (Å²) in [7, 11) is 2.10. The van der Waals surface area contributed by atoms with Crippen LogP contribution in [0.25, 0.3) is 0 Å². The molecule has 0 radical (unpaired) electrons. The second kappa shape index (κ2) is 5.31. The third-order valence-electron chi connectivity index (χ3n) is 4.14. The van der Waals surface area contributed by atoms with Gasteiger partial charge >= 0.3 is 0 Å². The molecule has 2 aliphatic rings. The zero-order valence-electron chi connectivity index (χ0n) is 11.4. The summed E-state index contributed by atoms with van der Waals surface area (Å²) < 4.78 is 0. The van der Waals surface area contributed by atoms with Crippen LogP contribution in [-0.2, 0) is 17.8 Å². The van der Waals surface area contributed by atoms with Crippen molar-refractivity contribution in [2.45, 2.75) is 31.5 Å². The Morgan fingerprint density at radius 3 is 2.89 bits per heavy atom. The number of hydrogen-bond donors (Lipinski definition) is 2. The number of fused-ring (bicyclic) bond motifs is 1. The first-order valence-corrected chi connectivity index (χ1v) is 7.01. The highest BCUT2D eigenvalue weighted by molar-refractivity contribution is 5.82. The van der Waals surface area contributed by atoms with Crippen LogP contribution >= 0.6 is 0 Å². The minimum absolute atomic E-state index is 0.0826. The standard InChI is InChI=1S/C15H21N3O/c1-18-7-6-13(10-18)17-15(19)14-8-11-4-2-3-5-12(11)9-16-14/h2-5,13-14,16H,6-10H2,1H3,(H,17,19)/t13?,14-/m1/s1. The van der Waals surface area contributed by atoms with E-state index in [0.29, 0.717) is 6.04 Å². The van der Waals surface area contributed by atoms with Gasteiger partial charge in [-0.05, 0) is 37.6 Å². The van der Waals surface area contributed by atoms with Crippen LogP contribution in [0.3, 0.4) is 0 Å². The largest absolute Gasteiger partial charge is 0.351 e. The van der Waals surface area contributed by atoms with Gasteiger partial charge in [0.15, 0.2) is 0 Å². The smallest absolute Gasteiger partial charge is 0.237 e. The predicted octanol–water partition coefficient (Wildman–Crippen LogP) is 0.521. The second-order valence-corrected chi connectivity index (χ2v) is 5.66. The maximum Gasteiger partial charge on any atom is 0.237 e. The number of nitrogens with one attached hydrogen (secondary N) is 2. The van der Waals surface area contributed by atoms with Crippen molar-refractivity contribution in [3.05, 3.63) is 35.4 Å². The maximum absolute atomic E-state index is 12.3. The monoisotopic (exact) mass is 259 g/mol. The summed E-state index contributed by atoms with van der Waals surface area (Å²) in [6, 6.07) is 8.58. The van der Waals surface area contributed by atoms with Gasteiger partial charge in [-0.25, -0.2) is 0 Å². The van der Waals surface area contributed by atoms with Crippen molar-refractivity contribution in [3.63, 3.8) is 0 Å². The van der Waals surface area contributed by atoms with Crippen molar-refractivity contribution in [2.24, 2.45) is 0 Å². The number of rotatable bonds is 2. The molecule has 4 nitrogen and oxygen atoms in total. The lowest BCUT2D eigenvalue weighted by molar-refractivity contribution is -0.123. The summed E-state index contributed by atoms with van der Waals surface area (Å²) in [5.74, 6) is 0.148. The third kappa shape index (κ3) is 2.80. The number of benzene rings is 1. The molecule has 1 saturated heterocycles. The van der Waals surface area contributed by atoms with Crippen molar-refractivity contribution < 1.29 is 4.79 Å². The summed E-state index contributed by atoms with van der Waals surface area (Å²) in [6.07, 6.45) is 1.86. The minimum Gasteiger partial charge on any atom is -0.351 e. The van der Waals surface area contributed by atoms with E-state index in [1.165, 1.54) is 11.1 Å². The van der Waals surface area contributed by atoms with Crippen LogP contribution < -0.4 is 10.6 Å². The highest BCUT2D eigenvalue weighted by atomic mass is 16.2. The Kier molecular flexibility index (Phi) is 3.53. The van der Waals surface area contributed by atoms with Gasteiger partial charge in [0.25, 0.3) is 0 Å². The van der Waals surface area contributed by atoms with Crippen molar-refractivity contribution in [1.29, 1.82) is 0 Å². The maximum atomic E-state index is 12.3. The first-order valence-electron chi connectivity index (χ1n) is 7.01. The molecule has 2 aliphatic heterocycles. The number of carbonyl (C=O) groups is 1. The first kappa shape index (κ1) is 12.6. The fourth-order valence-electron chi connectivity index (χ4n) is 2.99. The lowest BCUT2D eigenvalue weighted by Crippen LogP contribution is -2.50. The highest BCUT2D eigenvalue weighted by Gasteiger charge is 2.27. The quantitative estimate of drug-likeness (QED) is 0.814. The first-order chi connectivity index (χ1) is 9.22. The third-order valence-corrected chi connectivity index (χ3v) is 4.14. The van der Waals surface area contributed by atoms with E-state index in [1.807, 2.05) is 6.07 Å². The lowest BCUT2D eigenvalue weighted by atomic mass is 9.95. The Morgan fingerprint density at radius 1 is 1.37 bits per heavy atom. The molecule has 2 N–H and O–H groups in total. The molecule has 1 aromatic carbocycles. The SMILES string of the molecule is CN1CCC(NC(=O)[C@H]2Cc3ccccc3CN2)C1. The summed E-state index contributed by atoms with van der Waals surface area (Å²) >= 11 is 0. The van der Waals surface area contributed by atoms with Crippen LogP contribution in [0.15, 0.2) is 24.3 Å². The van der Waals surface area contributed by atoms with E-state index in [2.05, 4.69) is 40.8 Å². The van der Waals surface area contributed by atoms with E-state index in [9.17, 15) is 4.79 Å². The van der Waals surface area contributed by atoms with Gasteiger partial charge in [-0.1, -0.05) is 24.3 Å². The van der Waals surface area contributed by atoms with E-state index in [0.717, 1.165) is 32.5 Å². The molecular formula is C15H21N3O. The Balaban J connectivity index is 1.60. The van der Waals surface area contributed by atoms with Crippen molar-refractivity contribution in [1.82, 2.24) is 15.5 Å².